The minimum Gasteiger partial charge on any atom is -0.376 e. The average molecular weight is 252 g/mol. The number of hydrogen-bond acceptors (Lipinski definition) is 5. The van der Waals surface area contributed by atoms with E-state index in [-0.39, 0.29) is 0 Å². The molecule has 1 aliphatic heterocycles. The van der Waals surface area contributed by atoms with E-state index < -0.39 is 0 Å². The lowest BCUT2D eigenvalue weighted by molar-refractivity contribution is 0.377. The maximum Gasteiger partial charge on any atom is 0.232 e. The molecule has 2 heterocycles. The molecule has 1 fully saturated rings. The molecule has 0 aromatic carbocycles. The van der Waals surface area contributed by atoms with E-state index in [0.717, 1.165) is 18.7 Å². The number of nitrogens with zero attached hydrogens (tertiary/aromatic N) is 3. The lowest BCUT2D eigenvalue weighted by Crippen LogP contribution is -2.20. The van der Waals surface area contributed by atoms with Crippen molar-refractivity contribution in [1.82, 2.24) is 20.4 Å². The Morgan fingerprint density at radius 1 is 1.65 bits per heavy atom. The topological polar surface area (TPSA) is 54.2 Å². The first kappa shape index (κ1) is 12.0. The van der Waals surface area contributed by atoms with E-state index >= 15 is 0 Å². The van der Waals surface area contributed by atoms with Gasteiger partial charge in [0.1, 0.15) is 0 Å². The van der Waals surface area contributed by atoms with Gasteiger partial charge in [-0.2, -0.15) is 4.98 Å². The second-order valence-electron chi connectivity index (χ2n) is 4.12. The first-order valence-corrected chi connectivity index (χ1v) is 6.10. The first-order valence-electron chi connectivity index (χ1n) is 5.63. The van der Waals surface area contributed by atoms with Gasteiger partial charge in [-0.25, -0.2) is 0 Å². The van der Waals surface area contributed by atoms with Crippen LogP contribution in [-0.2, 0) is 6.42 Å². The third-order valence-electron chi connectivity index (χ3n) is 2.85. The van der Waals surface area contributed by atoms with Crippen molar-refractivity contribution in [2.75, 3.05) is 13.6 Å². The van der Waals surface area contributed by atoms with Crippen molar-refractivity contribution >= 4 is 17.7 Å². The summed E-state index contributed by atoms with van der Waals surface area (Å²) in [6.45, 7) is 2.90. The van der Waals surface area contributed by atoms with Crippen LogP contribution in [-0.4, -0.2) is 34.1 Å². The van der Waals surface area contributed by atoms with Crippen LogP contribution in [0.25, 0.3) is 0 Å². The largest absolute Gasteiger partial charge is 0.376 e. The zero-order chi connectivity index (χ0) is 12.3. The molecule has 1 saturated heterocycles. The molecule has 92 valence electrons. The summed E-state index contributed by atoms with van der Waals surface area (Å²) in [5.41, 5.74) is 3.86. The quantitative estimate of drug-likeness (QED) is 0.818. The van der Waals surface area contributed by atoms with Crippen molar-refractivity contribution in [1.29, 1.82) is 0 Å². The fraction of sp³-hybridized carbons (Fsp3) is 0.545. The van der Waals surface area contributed by atoms with Crippen molar-refractivity contribution < 1.29 is 4.52 Å². The van der Waals surface area contributed by atoms with Gasteiger partial charge in [0.2, 0.25) is 5.89 Å². The number of aryl methyl sites for hydroxylation is 1. The molecule has 0 unspecified atom stereocenters. The zero-order valence-corrected chi connectivity index (χ0v) is 10.9. The van der Waals surface area contributed by atoms with Gasteiger partial charge in [-0.3, -0.25) is 0 Å². The molecule has 6 heteroatoms. The molecule has 2 rings (SSSR count). The van der Waals surface area contributed by atoms with Gasteiger partial charge in [-0.05, 0) is 19.8 Å². The van der Waals surface area contributed by atoms with Gasteiger partial charge in [0, 0.05) is 25.0 Å². The molecule has 0 radical (unpaired) electrons. The Kier molecular flexibility index (Phi) is 3.73. The predicted molar refractivity (Wildman–Crippen MR) is 68.4 cm³/mol. The van der Waals surface area contributed by atoms with Crippen molar-refractivity contribution in [3.05, 3.63) is 23.1 Å². The summed E-state index contributed by atoms with van der Waals surface area (Å²) in [5.74, 6) is 1.28. The van der Waals surface area contributed by atoms with E-state index in [2.05, 4.69) is 27.4 Å². The highest BCUT2D eigenvalue weighted by Crippen LogP contribution is 2.22. The van der Waals surface area contributed by atoms with Crippen molar-refractivity contribution in [2.24, 2.45) is 0 Å². The predicted octanol–water partition coefficient (Wildman–Crippen LogP) is 1.40. The Hall–Kier alpha value is -1.43. The number of rotatable bonds is 4. The van der Waals surface area contributed by atoms with Crippen LogP contribution in [0, 0.1) is 6.92 Å². The summed E-state index contributed by atoms with van der Waals surface area (Å²) in [6.07, 6.45) is 2.85. The lowest BCUT2D eigenvalue weighted by Gasteiger charge is -2.17. The molecule has 0 bridgehead atoms. The minimum atomic E-state index is 0.605. The SMILES string of the molecule is Cc1noc(C/C(NC=S)=C2\CCCN2C)n1. The molecule has 0 atom stereocenters. The Morgan fingerprint density at radius 2 is 2.47 bits per heavy atom. The smallest absolute Gasteiger partial charge is 0.232 e. The Labute approximate surface area is 106 Å². The third-order valence-corrected chi connectivity index (χ3v) is 2.96. The fourth-order valence-corrected chi connectivity index (χ4v) is 2.20. The molecule has 0 saturated carbocycles. The highest BCUT2D eigenvalue weighted by atomic mass is 32.1. The van der Waals surface area contributed by atoms with Crippen LogP contribution in [0.5, 0.6) is 0 Å². The highest BCUT2D eigenvalue weighted by molar-refractivity contribution is 7.78. The fourth-order valence-electron chi connectivity index (χ4n) is 2.06. The lowest BCUT2D eigenvalue weighted by atomic mass is 10.2. The van der Waals surface area contributed by atoms with Gasteiger partial charge in [0.05, 0.1) is 11.9 Å². The van der Waals surface area contributed by atoms with E-state index in [1.54, 1.807) is 0 Å². The van der Waals surface area contributed by atoms with Crippen LogP contribution >= 0.6 is 12.2 Å². The highest BCUT2D eigenvalue weighted by Gasteiger charge is 2.18. The van der Waals surface area contributed by atoms with Gasteiger partial charge < -0.3 is 14.7 Å². The van der Waals surface area contributed by atoms with Crippen LogP contribution < -0.4 is 5.32 Å². The summed E-state index contributed by atoms with van der Waals surface area (Å²) >= 11 is 4.87. The Bertz CT molecular complexity index is 440. The van der Waals surface area contributed by atoms with Crippen LogP contribution in [0.1, 0.15) is 24.6 Å². The van der Waals surface area contributed by atoms with E-state index in [4.69, 9.17) is 16.7 Å². The molecule has 17 heavy (non-hydrogen) atoms. The van der Waals surface area contributed by atoms with Crippen molar-refractivity contribution in [2.45, 2.75) is 26.2 Å². The minimum absolute atomic E-state index is 0.605. The Morgan fingerprint density at radius 3 is 3.00 bits per heavy atom. The number of thiocarbonyl (C=S) groups is 1. The summed E-state index contributed by atoms with van der Waals surface area (Å²) in [4.78, 5) is 6.45. The Balaban J connectivity index is 2.20. The molecular formula is C11H16N4OS. The average Bonchev–Trinajstić information content (AvgIpc) is 2.87. The standard InChI is InChI=1S/C11H16N4OS/c1-8-13-11(16-14-8)6-9(12-7-17)10-4-3-5-15(10)2/h7H,3-6H2,1-2H3,(H,12,17)/b10-9-. The molecule has 0 spiro atoms. The monoisotopic (exact) mass is 252 g/mol. The number of aromatic nitrogens is 2. The number of hydrogen-bond donors (Lipinski definition) is 1. The van der Waals surface area contributed by atoms with Gasteiger partial charge >= 0.3 is 0 Å². The molecule has 0 amide bonds. The maximum atomic E-state index is 5.13. The van der Waals surface area contributed by atoms with Crippen LogP contribution in [0.2, 0.25) is 0 Å². The molecule has 0 aliphatic carbocycles. The second kappa shape index (κ2) is 5.27. The number of nitrogens with one attached hydrogen (secondary N) is 1. The first-order chi connectivity index (χ1) is 8.20. The van der Waals surface area contributed by atoms with Gasteiger partial charge in [0.15, 0.2) is 5.82 Å². The third kappa shape index (κ3) is 2.82. The van der Waals surface area contributed by atoms with E-state index in [1.165, 1.54) is 17.6 Å². The maximum absolute atomic E-state index is 5.13. The van der Waals surface area contributed by atoms with Crippen molar-refractivity contribution in [3.8, 4) is 0 Å². The van der Waals surface area contributed by atoms with Crippen molar-refractivity contribution in [3.63, 3.8) is 0 Å². The molecular weight excluding hydrogens is 236 g/mol. The molecule has 1 aliphatic rings. The summed E-state index contributed by atoms with van der Waals surface area (Å²) in [6, 6.07) is 0. The van der Waals surface area contributed by atoms with Gasteiger partial charge in [0.25, 0.3) is 0 Å². The molecule has 1 aromatic heterocycles. The molecule has 5 nitrogen and oxygen atoms in total. The number of likely N-dealkylation sites (tertiary alicyclic amines) is 1. The van der Waals surface area contributed by atoms with Crippen LogP contribution in [0.3, 0.4) is 0 Å². The second-order valence-corrected chi connectivity index (χ2v) is 4.36. The summed E-state index contributed by atoms with van der Waals surface area (Å²) in [5, 5.41) is 6.90. The van der Waals surface area contributed by atoms with Crippen LogP contribution in [0.15, 0.2) is 15.9 Å². The molecule has 1 aromatic rings. The van der Waals surface area contributed by atoms with E-state index in [9.17, 15) is 0 Å². The summed E-state index contributed by atoms with van der Waals surface area (Å²) in [7, 11) is 2.09. The number of allylic oxidation sites excluding steroid dienone is 2. The van der Waals surface area contributed by atoms with E-state index in [1.807, 2.05) is 6.92 Å². The zero-order valence-electron chi connectivity index (χ0n) is 10.1. The van der Waals surface area contributed by atoms with Gasteiger partial charge in [-0.15, -0.1) is 0 Å². The van der Waals surface area contributed by atoms with Crippen LogP contribution in [0.4, 0.5) is 0 Å². The van der Waals surface area contributed by atoms with Gasteiger partial charge in [-0.1, -0.05) is 17.4 Å². The normalized spacial score (nSPS) is 18.4. The molecule has 1 N–H and O–H groups in total. The van der Waals surface area contributed by atoms with E-state index in [0.29, 0.717) is 18.1 Å². The summed E-state index contributed by atoms with van der Waals surface area (Å²) < 4.78 is 5.13.